The molecule has 2 atom stereocenters. The first-order valence-electron chi connectivity index (χ1n) is 12.6. The van der Waals surface area contributed by atoms with Gasteiger partial charge in [0.15, 0.2) is 6.10 Å². The van der Waals surface area contributed by atoms with Gasteiger partial charge in [0.05, 0.1) is 30.4 Å². The lowest BCUT2D eigenvalue weighted by atomic mass is 10.1. The number of ether oxygens (including phenoxy) is 3. The van der Waals surface area contributed by atoms with Gasteiger partial charge < -0.3 is 24.0 Å². The number of benzene rings is 1. The zero-order valence-electron chi connectivity index (χ0n) is 21.5. The van der Waals surface area contributed by atoms with E-state index in [9.17, 15) is 9.59 Å². The number of methoxy groups -OCH3 is 1. The fourth-order valence-corrected chi connectivity index (χ4v) is 4.62. The van der Waals surface area contributed by atoms with Gasteiger partial charge in [0.25, 0.3) is 5.91 Å². The van der Waals surface area contributed by atoms with Crippen LogP contribution in [0.3, 0.4) is 0 Å². The summed E-state index contributed by atoms with van der Waals surface area (Å²) in [6.45, 7) is 9.87. The normalized spacial score (nSPS) is 19.6. The molecule has 1 aliphatic heterocycles. The number of aryl methyl sites for hydroxylation is 1. The van der Waals surface area contributed by atoms with Crippen molar-refractivity contribution < 1.29 is 23.8 Å². The number of rotatable bonds is 8. The van der Waals surface area contributed by atoms with Crippen molar-refractivity contribution in [1.29, 1.82) is 0 Å². The van der Waals surface area contributed by atoms with E-state index in [2.05, 4.69) is 12.1 Å². The van der Waals surface area contributed by atoms with Gasteiger partial charge in [-0.1, -0.05) is 18.2 Å². The highest BCUT2D eigenvalue weighted by molar-refractivity contribution is 5.86. The van der Waals surface area contributed by atoms with Gasteiger partial charge in [-0.25, -0.2) is 4.79 Å². The zero-order valence-corrected chi connectivity index (χ0v) is 21.5. The van der Waals surface area contributed by atoms with Crippen molar-refractivity contribution in [3.8, 4) is 0 Å². The number of nitrogens with zero attached hydrogens (tertiary/aromatic N) is 4. The molecule has 1 aromatic carbocycles. The predicted octanol–water partition coefficient (Wildman–Crippen LogP) is 3.76. The molecule has 0 bridgehead atoms. The first-order valence-corrected chi connectivity index (χ1v) is 12.6. The van der Waals surface area contributed by atoms with Crippen molar-refractivity contribution in [3.63, 3.8) is 0 Å². The maximum atomic E-state index is 13.8. The lowest BCUT2D eigenvalue weighted by molar-refractivity contribution is -0.151. The van der Waals surface area contributed by atoms with Gasteiger partial charge in [-0.15, -0.1) is 0 Å². The summed E-state index contributed by atoms with van der Waals surface area (Å²) in [6, 6.07) is 8.09. The Morgan fingerprint density at radius 3 is 2.69 bits per heavy atom. The molecule has 1 saturated heterocycles. The topological polar surface area (TPSA) is 86.1 Å². The first kappa shape index (κ1) is 25.4. The van der Waals surface area contributed by atoms with Crippen molar-refractivity contribution in [1.82, 2.24) is 19.6 Å². The molecule has 2 aliphatic rings. The molecule has 9 heteroatoms. The molecule has 9 nitrogen and oxygen atoms in total. The van der Waals surface area contributed by atoms with Crippen molar-refractivity contribution >= 4 is 22.9 Å². The number of fused-ring (bicyclic) bond motifs is 1. The fourth-order valence-electron chi connectivity index (χ4n) is 4.62. The summed E-state index contributed by atoms with van der Waals surface area (Å²) in [6.07, 6.45) is 1.66. The second kappa shape index (κ2) is 10.5. The Morgan fingerprint density at radius 2 is 2.00 bits per heavy atom. The van der Waals surface area contributed by atoms with Crippen LogP contribution in [0.25, 0.3) is 10.9 Å². The number of carbonyl (C=O) groups excluding carboxylic acids is 2. The number of hydrogen-bond acceptors (Lipinski definition) is 6. The van der Waals surface area contributed by atoms with E-state index in [1.165, 1.54) is 0 Å². The second-order valence-electron chi connectivity index (χ2n) is 10.4. The van der Waals surface area contributed by atoms with Crippen LogP contribution < -0.4 is 0 Å². The summed E-state index contributed by atoms with van der Waals surface area (Å²) in [5, 5.41) is 6.00. The maximum absolute atomic E-state index is 13.8. The van der Waals surface area contributed by atoms with E-state index in [0.717, 1.165) is 42.4 Å². The molecule has 1 unspecified atom stereocenters. The minimum Gasteiger partial charge on any atom is -0.444 e. The lowest BCUT2D eigenvalue weighted by Crippen LogP contribution is -2.54. The van der Waals surface area contributed by atoms with Gasteiger partial charge in [-0.05, 0) is 53.0 Å². The monoisotopic (exact) mass is 486 g/mol. The third-order valence-corrected chi connectivity index (χ3v) is 6.41. The number of morpholine rings is 1. The average Bonchev–Trinajstić information content (AvgIpc) is 3.59. The van der Waals surface area contributed by atoms with Crippen LogP contribution in [0.15, 0.2) is 24.3 Å². The highest BCUT2D eigenvalue weighted by atomic mass is 16.6. The summed E-state index contributed by atoms with van der Waals surface area (Å²) in [5.74, 6) is -0.0914. The van der Waals surface area contributed by atoms with Crippen LogP contribution in [0.4, 0.5) is 4.79 Å². The number of carbonyl (C=O) groups is 2. The second-order valence-corrected chi connectivity index (χ2v) is 10.4. The highest BCUT2D eigenvalue weighted by Gasteiger charge is 2.42. The molecule has 192 valence electrons. The van der Waals surface area contributed by atoms with Crippen molar-refractivity contribution in [2.75, 3.05) is 33.4 Å². The summed E-state index contributed by atoms with van der Waals surface area (Å²) in [7, 11) is 1.70. The number of aromatic nitrogens is 2. The maximum Gasteiger partial charge on any atom is 0.410 e. The minimum absolute atomic E-state index is 0.0914. The Bertz CT molecular complexity index is 1040. The molecule has 0 radical (unpaired) electrons. The molecule has 0 N–H and O–H groups in total. The number of para-hydroxylation sites is 1. The molecular formula is C26H38N4O5. The Kier molecular flexibility index (Phi) is 7.66. The van der Waals surface area contributed by atoms with Crippen molar-refractivity contribution in [3.05, 3.63) is 30.0 Å². The molecule has 35 heavy (non-hydrogen) atoms. The van der Waals surface area contributed by atoms with E-state index in [4.69, 9.17) is 19.3 Å². The Hall–Kier alpha value is -2.65. The van der Waals surface area contributed by atoms with E-state index in [1.54, 1.807) is 12.0 Å². The molecule has 2 fully saturated rings. The summed E-state index contributed by atoms with van der Waals surface area (Å²) in [4.78, 5) is 29.9. The third kappa shape index (κ3) is 5.95. The van der Waals surface area contributed by atoms with Gasteiger partial charge in [0, 0.05) is 38.2 Å². The van der Waals surface area contributed by atoms with E-state index in [0.29, 0.717) is 19.8 Å². The van der Waals surface area contributed by atoms with Crippen LogP contribution in [0.2, 0.25) is 0 Å². The van der Waals surface area contributed by atoms with Crippen LogP contribution >= 0.6 is 0 Å². The highest BCUT2D eigenvalue weighted by Crippen LogP contribution is 2.37. The van der Waals surface area contributed by atoms with Crippen LogP contribution in [-0.4, -0.2) is 82.7 Å². The smallest absolute Gasteiger partial charge is 0.410 e. The molecular weight excluding hydrogens is 448 g/mol. The first-order chi connectivity index (χ1) is 16.7. The Labute approximate surface area is 207 Å². The largest absolute Gasteiger partial charge is 0.444 e. The van der Waals surface area contributed by atoms with Crippen LogP contribution in [-0.2, 0) is 25.5 Å². The van der Waals surface area contributed by atoms with Gasteiger partial charge in [0.2, 0.25) is 0 Å². The van der Waals surface area contributed by atoms with Gasteiger partial charge in [-0.3, -0.25) is 9.48 Å². The zero-order chi connectivity index (χ0) is 25.2. The molecule has 1 aromatic heterocycles. The fraction of sp³-hybridized carbons (Fsp3) is 0.654. The molecule has 4 rings (SSSR count). The van der Waals surface area contributed by atoms with E-state index < -0.39 is 17.8 Å². The predicted molar refractivity (Wildman–Crippen MR) is 132 cm³/mol. The van der Waals surface area contributed by atoms with Crippen LogP contribution in [0.1, 0.15) is 58.7 Å². The standard InChI is InChI=1S/C26H38N4O5/c1-18(23-20-9-6-7-10-21(20)29(27-23)13-8-15-33-5)30(19-11-12-19)24(31)22-17-28(14-16-34-22)25(32)35-26(2,3)4/h6-7,9-10,18-19,22H,8,11-17H2,1-5H3/t18?,22-/m1/s1. The van der Waals surface area contributed by atoms with Gasteiger partial charge >= 0.3 is 6.09 Å². The van der Waals surface area contributed by atoms with Gasteiger partial charge in [0.1, 0.15) is 5.60 Å². The van der Waals surface area contributed by atoms with Crippen LogP contribution in [0, 0.1) is 0 Å². The summed E-state index contributed by atoms with van der Waals surface area (Å²) in [5.41, 5.74) is 1.35. The molecule has 0 spiro atoms. The van der Waals surface area contributed by atoms with Crippen LogP contribution in [0.5, 0.6) is 0 Å². The Morgan fingerprint density at radius 1 is 1.26 bits per heavy atom. The van der Waals surface area contributed by atoms with Gasteiger partial charge in [-0.2, -0.15) is 5.10 Å². The number of amides is 2. The molecule has 2 aromatic rings. The van der Waals surface area contributed by atoms with E-state index in [-0.39, 0.29) is 24.5 Å². The summed E-state index contributed by atoms with van der Waals surface area (Å²) < 4.78 is 18.6. The van der Waals surface area contributed by atoms with Crippen molar-refractivity contribution in [2.24, 2.45) is 0 Å². The minimum atomic E-state index is -0.714. The Balaban J connectivity index is 1.54. The van der Waals surface area contributed by atoms with E-state index in [1.807, 2.05) is 49.4 Å². The lowest BCUT2D eigenvalue weighted by Gasteiger charge is -2.37. The number of hydrogen-bond donors (Lipinski definition) is 0. The van der Waals surface area contributed by atoms with Crippen molar-refractivity contribution in [2.45, 2.75) is 77.3 Å². The molecule has 1 saturated carbocycles. The molecule has 2 heterocycles. The molecule has 2 amide bonds. The third-order valence-electron chi connectivity index (χ3n) is 6.41. The molecule has 1 aliphatic carbocycles. The quantitative estimate of drug-likeness (QED) is 0.528. The SMILES string of the molecule is COCCCn1nc(C(C)N(C(=O)[C@H]2CN(C(=O)OC(C)(C)C)CCO2)C2CC2)c2ccccc21. The van der Waals surface area contributed by atoms with E-state index >= 15 is 0 Å². The summed E-state index contributed by atoms with van der Waals surface area (Å²) >= 11 is 0. The average molecular weight is 487 g/mol.